The number of aromatic nitrogens is 4. The monoisotopic (exact) mass is 1570 g/mol. The van der Waals surface area contributed by atoms with Gasteiger partial charge in [0.25, 0.3) is 11.1 Å². The van der Waals surface area contributed by atoms with Gasteiger partial charge in [-0.1, -0.05) is 13.2 Å². The topological polar surface area (TPSA) is 448 Å². The molecule has 12 amide bonds. The normalized spacial score (nSPS) is 17.0. The zero-order chi connectivity index (χ0) is 76.7. The molecule has 4 atom stereocenters. The second kappa shape index (κ2) is 44.2. The van der Waals surface area contributed by atoms with Gasteiger partial charge in [-0.15, -0.1) is 0 Å². The van der Waals surface area contributed by atoms with Crippen LogP contribution in [0.4, 0.5) is 14.4 Å². The van der Waals surface area contributed by atoms with Crippen LogP contribution >= 0.6 is 71.4 Å². The molecule has 0 bridgehead atoms. The molecule has 35 nitrogen and oxygen atoms in total. The number of carbonyl (C=O) groups excluding carboxylic acids is 9. The summed E-state index contributed by atoms with van der Waals surface area (Å²) < 4.78 is 2.30. The van der Waals surface area contributed by atoms with Crippen LogP contribution in [0.5, 0.6) is 0 Å². The van der Waals surface area contributed by atoms with Gasteiger partial charge in [0.1, 0.15) is 45.4 Å². The van der Waals surface area contributed by atoms with E-state index in [1.165, 1.54) is 129 Å². The number of urea groups is 3. The van der Waals surface area contributed by atoms with Gasteiger partial charge in [-0.25, -0.2) is 24.0 Å². The number of hydrogen-bond donors (Lipinski definition) is 11. The summed E-state index contributed by atoms with van der Waals surface area (Å²) in [4.78, 5) is 190. The van der Waals surface area contributed by atoms with E-state index in [4.69, 9.17) is 22.9 Å². The minimum absolute atomic E-state index is 0.0101. The zero-order valence-corrected chi connectivity index (χ0v) is 64.2. The van der Waals surface area contributed by atoms with Crippen molar-refractivity contribution in [3.05, 3.63) is 139 Å². The van der Waals surface area contributed by atoms with E-state index in [1.54, 1.807) is 60.8 Å². The molecule has 4 unspecified atom stereocenters. The number of H-pyrrole nitrogens is 2. The Morgan fingerprint density at radius 3 is 1.11 bits per heavy atom. The zero-order valence-electron chi connectivity index (χ0n) is 59.3. The molecule has 578 valence electrons. The van der Waals surface area contributed by atoms with Gasteiger partial charge in [-0.2, -0.15) is 71.4 Å². The number of rotatable bonds is 45. The second-order valence-corrected chi connectivity index (χ2v) is 30.8. The Balaban J connectivity index is 1.05. The first-order valence-corrected chi connectivity index (χ1v) is 40.2. The first-order chi connectivity index (χ1) is 50.1. The van der Waals surface area contributed by atoms with Gasteiger partial charge >= 0.3 is 29.5 Å². The van der Waals surface area contributed by atoms with Crippen LogP contribution in [-0.4, -0.2) is 308 Å². The summed E-state index contributed by atoms with van der Waals surface area (Å²) in [5, 5.41) is 10.8. The molecule has 2 aromatic rings. The third-order valence-corrected chi connectivity index (χ3v) is 21.4. The largest absolute Gasteiger partial charge is 0.353 e. The lowest BCUT2D eigenvalue weighted by atomic mass is 10.2. The van der Waals surface area contributed by atoms with Crippen LogP contribution in [0.25, 0.3) is 0 Å². The van der Waals surface area contributed by atoms with E-state index in [0.717, 1.165) is 9.13 Å². The third-order valence-electron chi connectivity index (χ3n) is 16.5. The summed E-state index contributed by atoms with van der Waals surface area (Å²) in [5.74, 6) is 3.42. The molecule has 41 heteroatoms. The van der Waals surface area contributed by atoms with Gasteiger partial charge in [0.15, 0.2) is 0 Å². The predicted molar refractivity (Wildman–Crippen MR) is 415 cm³/mol. The van der Waals surface area contributed by atoms with Gasteiger partial charge in [-0.05, 0) is 50.8 Å². The molecule has 0 saturated heterocycles. The van der Waals surface area contributed by atoms with E-state index >= 15 is 0 Å². The number of aromatic amines is 2. The molecule has 0 aromatic carbocycles. The van der Waals surface area contributed by atoms with Crippen LogP contribution in [0.2, 0.25) is 0 Å². The summed E-state index contributed by atoms with van der Waals surface area (Å²) in [6.07, 6.45) is 12.5. The van der Waals surface area contributed by atoms with E-state index in [2.05, 4.69) is 57.0 Å². The number of nitrogens with zero attached hydrogens (tertiary/aromatic N) is 12. The number of thiol groups is 1. The molecule has 105 heavy (non-hydrogen) atoms. The quantitative estimate of drug-likeness (QED) is 0.0240. The number of thioether (sulfide) groups is 5. The van der Waals surface area contributed by atoms with Crippen molar-refractivity contribution in [1.29, 1.82) is 0 Å². The van der Waals surface area contributed by atoms with Crippen LogP contribution in [0.1, 0.15) is 18.1 Å². The van der Waals surface area contributed by atoms with E-state index < -0.39 is 65.3 Å². The molecular weight excluding hydrogens is 1480 g/mol. The van der Waals surface area contributed by atoms with Crippen molar-refractivity contribution in [2.45, 2.75) is 58.5 Å². The average molecular weight is 1580 g/mol. The van der Waals surface area contributed by atoms with Crippen molar-refractivity contribution in [3.63, 3.8) is 0 Å². The minimum atomic E-state index is -0.729. The molecule has 6 rings (SSSR count). The Morgan fingerprint density at radius 2 is 0.762 bits per heavy atom. The molecule has 2 aromatic heterocycles. The number of carbonyl (C=O) groups is 9. The maximum atomic E-state index is 14.2. The number of aryl methyl sites for hydroxylation is 2. The highest BCUT2D eigenvalue weighted by Crippen LogP contribution is 2.16. The van der Waals surface area contributed by atoms with Crippen molar-refractivity contribution >= 4 is 125 Å². The molecular formula is C64H98N22O13S6. The Labute approximate surface area is 635 Å². The molecule has 4 aliphatic heterocycles. The second-order valence-electron chi connectivity index (χ2n) is 24.3. The van der Waals surface area contributed by atoms with E-state index in [9.17, 15) is 62.3 Å². The van der Waals surface area contributed by atoms with Crippen molar-refractivity contribution in [1.82, 2.24) is 89.4 Å². The predicted octanol–water partition coefficient (Wildman–Crippen LogP) is -2.55. The molecule has 4 aliphatic rings. The lowest BCUT2D eigenvalue weighted by Crippen LogP contribution is -2.54. The molecule has 0 fully saturated rings. The minimum Gasteiger partial charge on any atom is -0.353 e. The highest BCUT2D eigenvalue weighted by atomic mass is 32.2. The Kier molecular flexibility index (Phi) is 36.1. The van der Waals surface area contributed by atoms with Gasteiger partial charge in [0.2, 0.25) is 35.4 Å². The van der Waals surface area contributed by atoms with Crippen LogP contribution in [0, 0.1) is 13.8 Å². The fourth-order valence-electron chi connectivity index (χ4n) is 10.3. The van der Waals surface area contributed by atoms with E-state index in [1.807, 2.05) is 0 Å². The van der Waals surface area contributed by atoms with Crippen LogP contribution in [0.15, 0.2) is 105 Å². The average Bonchev–Trinajstić information content (AvgIpc) is 0.823. The molecule has 0 saturated carbocycles. The first-order valence-electron chi connectivity index (χ1n) is 33.7. The van der Waals surface area contributed by atoms with Crippen molar-refractivity contribution in [2.24, 2.45) is 22.9 Å². The van der Waals surface area contributed by atoms with E-state index in [-0.39, 0.29) is 138 Å². The first kappa shape index (κ1) is 85.9. The number of nitrogens with one attached hydrogen (secondary N) is 6. The summed E-state index contributed by atoms with van der Waals surface area (Å²) >= 11 is 11.8. The fraction of sp³-hybridized carbons (Fsp3) is 0.547. The molecule has 6 heterocycles. The van der Waals surface area contributed by atoms with Crippen molar-refractivity contribution in [3.8, 4) is 0 Å². The SMILES string of the molecule is C=CN(CCSCCN(CCSCCN(CCSCCN(CCSCCN(CCSCCN(CCS)C(=O)Cn1cc(C)c(=O)[nH]c1=O)C(=O)CN1C=CC(N)NC1=O)C(=O)CN1C=C(C)C(N)NC1=O)C(=O)CN1C=CC(N)NC1=O)C(=O)Cn1cc(C)c(=O)[nH]c1=O)C(=O)CN1C=CC(N)NC1=C. The molecule has 0 aliphatic carbocycles. The van der Waals surface area contributed by atoms with Crippen molar-refractivity contribution in [2.75, 3.05) is 161 Å². The Bertz CT molecular complexity index is 3760. The maximum absolute atomic E-state index is 14.2. The Hall–Kier alpha value is -8.03. The number of hydrogen-bond acceptors (Lipinski definition) is 25. The van der Waals surface area contributed by atoms with Gasteiger partial charge in [-0.3, -0.25) is 72.2 Å². The summed E-state index contributed by atoms with van der Waals surface area (Å²) in [7, 11) is 0. The van der Waals surface area contributed by atoms with Crippen LogP contribution < -0.4 is 66.7 Å². The highest BCUT2D eigenvalue weighted by molar-refractivity contribution is 8.00. The standard InChI is InChI=1S/C64H98N22O13S6/c1-6-75(51(87)38-81-10-7-48(65)69-47(81)5)14-25-101-27-20-80(56(92)43-86-37-46(4)59(94)74-64(86)99)23-34-105-31-19-78(53(89)40-83-12-9-50(67)71-61(83)96)18-30-104-33-22-79(55(91)42-84-35-44(2)57(68)72-62(84)97)21-32-103-29-17-77(52(88)39-82-11-8-49(66)70-60(82)95)16-28-102-26-15-76(13-24-100)54(90)41-85-36-45(3)58(93)73-63(85)98/h6-12,35-37,48-50,57,69,100H,1,5,13-34,38-43,65-68H2,2-4H3,(H,70,95)(H,71,96)(H,72,97)(H,73,93,98)(H,74,94,99). The fourth-order valence-corrected chi connectivity index (χ4v) is 15.1. The third kappa shape index (κ3) is 28.7. The molecule has 0 radical (unpaired) electrons. The smallest absolute Gasteiger partial charge is 0.328 e. The lowest BCUT2D eigenvalue weighted by Gasteiger charge is -2.31. The van der Waals surface area contributed by atoms with E-state index in [0.29, 0.717) is 94.3 Å². The maximum Gasteiger partial charge on any atom is 0.328 e. The van der Waals surface area contributed by atoms with Crippen LogP contribution in [-0.2, 0) is 41.9 Å². The molecule has 14 N–H and O–H groups in total. The highest BCUT2D eigenvalue weighted by Gasteiger charge is 2.29. The van der Waals surface area contributed by atoms with Gasteiger partial charge < -0.3 is 78.5 Å². The van der Waals surface area contributed by atoms with Crippen molar-refractivity contribution < 1.29 is 43.2 Å². The number of nitrogens with two attached hydrogens (primary N) is 4. The Morgan fingerprint density at radius 1 is 0.448 bits per heavy atom. The van der Waals surface area contributed by atoms with Gasteiger partial charge in [0.05, 0.1) is 24.3 Å². The molecule has 0 spiro atoms. The number of amides is 12. The summed E-state index contributed by atoms with van der Waals surface area (Å²) in [5.41, 5.74) is 22.4. The van der Waals surface area contributed by atoms with Gasteiger partial charge in [0, 0.05) is 184 Å². The van der Waals surface area contributed by atoms with Crippen LogP contribution in [0.3, 0.4) is 0 Å². The summed E-state index contributed by atoms with van der Waals surface area (Å²) in [6, 6.07) is -1.61. The summed E-state index contributed by atoms with van der Waals surface area (Å²) in [6.45, 7) is 14.2. The lowest BCUT2D eigenvalue weighted by molar-refractivity contribution is -0.132.